The summed E-state index contributed by atoms with van der Waals surface area (Å²) in [5.41, 5.74) is -0.487. The summed E-state index contributed by atoms with van der Waals surface area (Å²) in [6.45, 7) is 2.91. The average Bonchev–Trinajstić information content (AvgIpc) is 2.67. The van der Waals surface area contributed by atoms with Gasteiger partial charge in [-0.3, -0.25) is 0 Å². The maximum Gasteiger partial charge on any atom is 2.00 e. The molecule has 0 fully saturated rings. The number of cyclic esters (lactones) is 1. The largest absolute Gasteiger partial charge is 2.00 e. The Morgan fingerprint density at radius 2 is 2.11 bits per heavy atom. The summed E-state index contributed by atoms with van der Waals surface area (Å²) in [6, 6.07) is 0. The Kier molecular flexibility index (Phi) is 4.42. The Morgan fingerprint density at radius 1 is 1.39 bits per heavy atom. The fraction of sp³-hybridized carbons (Fsp3) is 0.333. The molecule has 18 heavy (non-hydrogen) atoms. The zero-order chi connectivity index (χ0) is 12.5. The average molecular weight is 313 g/mol. The van der Waals surface area contributed by atoms with Gasteiger partial charge in [-0.1, -0.05) is 0 Å². The molecule has 7 nitrogen and oxygen atoms in total. The fourth-order valence-corrected chi connectivity index (χ4v) is 1.54. The predicted molar refractivity (Wildman–Crippen MR) is 54.9 cm³/mol. The van der Waals surface area contributed by atoms with Gasteiger partial charge in [0, 0.05) is 11.6 Å². The van der Waals surface area contributed by atoms with Gasteiger partial charge in [0.15, 0.2) is 11.5 Å². The Bertz CT molecular complexity index is 498. The number of nitrogens with zero attached hydrogens (tertiary/aromatic N) is 3. The molecule has 2 rings (SSSR count). The number of hydrogen-bond donors (Lipinski definition) is 0. The van der Waals surface area contributed by atoms with Gasteiger partial charge in [-0.25, -0.2) is 9.78 Å². The minimum Gasteiger partial charge on any atom is -0.573 e. The molecule has 0 aromatic carbocycles. The van der Waals surface area contributed by atoms with Gasteiger partial charge in [-0.15, -0.1) is 21.6 Å². The molecular formula is C9H8N3NiO4S+. The molecule has 0 atom stereocenters. The predicted octanol–water partition coefficient (Wildman–Crippen LogP) is 1.06. The van der Waals surface area contributed by atoms with E-state index in [0.717, 1.165) is 0 Å². The summed E-state index contributed by atoms with van der Waals surface area (Å²) in [5, 5.41) is 20.6. The number of thiazole rings is 1. The molecule has 2 heterocycles. The van der Waals surface area contributed by atoms with Crippen LogP contribution in [0.15, 0.2) is 33.4 Å². The van der Waals surface area contributed by atoms with Gasteiger partial charge in [-0.2, -0.15) is 0 Å². The van der Waals surface area contributed by atoms with Crippen LogP contribution in [0.1, 0.15) is 13.8 Å². The third kappa shape index (κ3) is 3.27. The second-order valence-electron chi connectivity index (χ2n) is 3.54. The first kappa shape index (κ1) is 14.6. The SMILES string of the molecule is CC1(C)OC(=O)C(N=Nc2nccs2)=C([O-])O1.[Ni+2]. The Hall–Kier alpha value is -1.47. The maximum absolute atomic E-state index is 11.4. The van der Waals surface area contributed by atoms with Crippen molar-refractivity contribution in [1.82, 2.24) is 4.98 Å². The van der Waals surface area contributed by atoms with Crippen LogP contribution in [0.2, 0.25) is 0 Å². The third-order valence-electron chi connectivity index (χ3n) is 1.72. The van der Waals surface area contributed by atoms with E-state index in [9.17, 15) is 9.90 Å². The Labute approximate surface area is 116 Å². The molecule has 0 saturated heterocycles. The molecule has 1 aromatic heterocycles. The van der Waals surface area contributed by atoms with E-state index in [4.69, 9.17) is 9.47 Å². The number of azo groups is 1. The summed E-state index contributed by atoms with van der Waals surface area (Å²) in [5.74, 6) is -2.98. The number of hydrogen-bond acceptors (Lipinski definition) is 8. The molecule has 0 bridgehead atoms. The minimum absolute atomic E-state index is 0. The number of carbonyl (C=O) groups excluding carboxylic acids is 1. The number of carbonyl (C=O) groups is 1. The van der Waals surface area contributed by atoms with Crippen LogP contribution in [0.3, 0.4) is 0 Å². The van der Waals surface area contributed by atoms with E-state index in [-0.39, 0.29) is 16.5 Å². The number of aromatic nitrogens is 1. The first-order valence-electron chi connectivity index (χ1n) is 4.63. The second-order valence-corrected chi connectivity index (χ2v) is 4.42. The van der Waals surface area contributed by atoms with E-state index in [1.54, 1.807) is 5.38 Å². The maximum atomic E-state index is 11.4. The molecule has 0 amide bonds. The van der Waals surface area contributed by atoms with Gasteiger partial charge in [0.1, 0.15) is 0 Å². The topological polar surface area (TPSA) is 96.2 Å². The van der Waals surface area contributed by atoms with Crippen molar-refractivity contribution in [2.24, 2.45) is 10.2 Å². The number of ether oxygens (including phenoxy) is 2. The van der Waals surface area contributed by atoms with Gasteiger partial charge in [0.2, 0.25) is 5.13 Å². The monoisotopic (exact) mass is 312 g/mol. The van der Waals surface area contributed by atoms with Crippen LogP contribution in [0, 0.1) is 0 Å². The molecule has 9 heteroatoms. The van der Waals surface area contributed by atoms with Crippen molar-refractivity contribution in [1.29, 1.82) is 0 Å². The van der Waals surface area contributed by atoms with E-state index in [0.29, 0.717) is 5.13 Å². The molecule has 1 aliphatic rings. The molecule has 0 N–H and O–H groups in total. The van der Waals surface area contributed by atoms with Crippen LogP contribution in [-0.2, 0) is 30.8 Å². The van der Waals surface area contributed by atoms with Crippen molar-refractivity contribution in [3.05, 3.63) is 23.2 Å². The zero-order valence-electron chi connectivity index (χ0n) is 9.35. The van der Waals surface area contributed by atoms with E-state index in [1.807, 2.05) is 0 Å². The van der Waals surface area contributed by atoms with Crippen molar-refractivity contribution in [2.45, 2.75) is 19.6 Å². The number of rotatable bonds is 2. The van der Waals surface area contributed by atoms with Gasteiger partial charge in [-0.05, 0) is 13.8 Å². The molecule has 0 radical (unpaired) electrons. The molecule has 98 valence electrons. The summed E-state index contributed by atoms with van der Waals surface area (Å²) >= 11 is 1.22. The molecule has 0 unspecified atom stereocenters. The van der Waals surface area contributed by atoms with Gasteiger partial charge >= 0.3 is 22.5 Å². The summed E-state index contributed by atoms with van der Waals surface area (Å²) < 4.78 is 9.67. The van der Waals surface area contributed by atoms with Gasteiger partial charge < -0.3 is 14.6 Å². The summed E-state index contributed by atoms with van der Waals surface area (Å²) in [6.07, 6.45) is 1.53. The van der Waals surface area contributed by atoms with Crippen LogP contribution in [-0.4, -0.2) is 16.7 Å². The van der Waals surface area contributed by atoms with E-state index >= 15 is 0 Å². The van der Waals surface area contributed by atoms with Crippen LogP contribution >= 0.6 is 11.3 Å². The van der Waals surface area contributed by atoms with Crippen LogP contribution < -0.4 is 5.11 Å². The summed E-state index contributed by atoms with van der Waals surface area (Å²) in [4.78, 5) is 15.3. The fourth-order valence-electron chi connectivity index (χ4n) is 1.09. The number of esters is 1. The Balaban J connectivity index is 0.00000162. The van der Waals surface area contributed by atoms with Crippen molar-refractivity contribution in [2.75, 3.05) is 0 Å². The molecule has 0 aliphatic carbocycles. The van der Waals surface area contributed by atoms with E-state index < -0.39 is 23.4 Å². The quantitative estimate of drug-likeness (QED) is 0.462. The van der Waals surface area contributed by atoms with E-state index in [2.05, 4.69) is 15.2 Å². The first-order chi connectivity index (χ1) is 7.98. The van der Waals surface area contributed by atoms with Gasteiger partial charge in [0.25, 0.3) is 0 Å². The Morgan fingerprint density at radius 3 is 2.67 bits per heavy atom. The van der Waals surface area contributed by atoms with Crippen molar-refractivity contribution in [3.8, 4) is 0 Å². The summed E-state index contributed by atoms with van der Waals surface area (Å²) in [7, 11) is 0. The zero-order valence-corrected chi connectivity index (χ0v) is 11.2. The minimum atomic E-state index is -1.27. The van der Waals surface area contributed by atoms with Crippen molar-refractivity contribution >= 4 is 22.4 Å². The smallest absolute Gasteiger partial charge is 0.573 e. The third-order valence-corrected chi connectivity index (χ3v) is 2.37. The molecular weight excluding hydrogens is 305 g/mol. The van der Waals surface area contributed by atoms with Crippen LogP contribution in [0.5, 0.6) is 0 Å². The second kappa shape index (κ2) is 5.45. The van der Waals surface area contributed by atoms with Crippen LogP contribution in [0.4, 0.5) is 5.13 Å². The van der Waals surface area contributed by atoms with Crippen molar-refractivity contribution in [3.63, 3.8) is 0 Å². The molecule has 1 aliphatic heterocycles. The molecule has 0 saturated carbocycles. The normalized spacial score (nSPS) is 18.2. The van der Waals surface area contributed by atoms with Crippen LogP contribution in [0.25, 0.3) is 0 Å². The standard InChI is InChI=1S/C9H9N3O4S.Ni/c1-9(2)15-6(13)5(7(14)16-9)11-12-8-10-3-4-17-8;/h3-4,13H,1-2H3;/q;+2/p-1. The first-order valence-corrected chi connectivity index (χ1v) is 5.51. The van der Waals surface area contributed by atoms with Crippen molar-refractivity contribution < 1.29 is 35.9 Å². The van der Waals surface area contributed by atoms with E-state index in [1.165, 1.54) is 31.4 Å². The molecule has 1 aromatic rings. The molecule has 0 spiro atoms. The van der Waals surface area contributed by atoms with Gasteiger partial charge in [0.05, 0.1) is 5.95 Å².